The van der Waals surface area contributed by atoms with Crippen LogP contribution in [0.1, 0.15) is 42.6 Å². The van der Waals surface area contributed by atoms with E-state index in [-0.39, 0.29) is 12.4 Å². The highest BCUT2D eigenvalue weighted by Crippen LogP contribution is 2.29. The van der Waals surface area contributed by atoms with Gasteiger partial charge in [0.05, 0.1) is 19.2 Å². The third kappa shape index (κ3) is 6.04. The number of nitrogens with two attached hydrogens (primary N) is 1. The number of methoxy groups -OCH3 is 1. The molecule has 4 N–H and O–H groups in total. The maximum Gasteiger partial charge on any atom is 0.331 e. The van der Waals surface area contributed by atoms with Crippen LogP contribution in [0.15, 0.2) is 79.0 Å². The smallest absolute Gasteiger partial charge is 0.331 e. The van der Waals surface area contributed by atoms with E-state index >= 15 is 0 Å². The number of hydrogen-bond donors (Lipinski definition) is 3. The Kier molecular flexibility index (Phi) is 8.63. The minimum atomic E-state index is -1.35. The third-order valence-electron chi connectivity index (χ3n) is 6.80. The molecule has 1 fully saturated rings. The van der Waals surface area contributed by atoms with Crippen molar-refractivity contribution in [3.63, 3.8) is 0 Å². The van der Waals surface area contributed by atoms with Crippen LogP contribution in [-0.2, 0) is 20.9 Å². The molecular formula is C29H32N6O5. The van der Waals surface area contributed by atoms with Crippen molar-refractivity contribution in [1.29, 1.82) is 0 Å². The summed E-state index contributed by atoms with van der Waals surface area (Å²) in [5.41, 5.74) is 8.10. The molecule has 1 aliphatic heterocycles. The molecule has 0 bridgehead atoms. The third-order valence-corrected chi connectivity index (χ3v) is 6.80. The van der Waals surface area contributed by atoms with E-state index in [1.807, 2.05) is 60.7 Å². The first-order valence-corrected chi connectivity index (χ1v) is 12.8. The van der Waals surface area contributed by atoms with Gasteiger partial charge in [0.25, 0.3) is 5.91 Å². The number of aromatic nitrogens is 1. The lowest BCUT2D eigenvalue weighted by Crippen LogP contribution is -2.76. The fourth-order valence-electron chi connectivity index (χ4n) is 4.62. The summed E-state index contributed by atoms with van der Waals surface area (Å²) in [5.74, 6) is -1.30. The molecule has 0 radical (unpaired) electrons. The number of carbonyl (C=O) groups is 4. The zero-order chi connectivity index (χ0) is 28.8. The van der Waals surface area contributed by atoms with Crippen LogP contribution < -0.4 is 16.4 Å². The fourth-order valence-corrected chi connectivity index (χ4v) is 4.62. The summed E-state index contributed by atoms with van der Waals surface area (Å²) in [6.45, 7) is 3.50. The second-order valence-electron chi connectivity index (χ2n) is 9.50. The number of nitrogen functional groups attached to an aromatic ring is 1. The molecule has 208 valence electrons. The lowest BCUT2D eigenvalue weighted by molar-refractivity contribution is -0.168. The van der Waals surface area contributed by atoms with Gasteiger partial charge in [-0.25, -0.2) is 24.3 Å². The van der Waals surface area contributed by atoms with Crippen LogP contribution in [0.3, 0.4) is 0 Å². The molecule has 4 atom stereocenters. The average molecular weight is 545 g/mol. The molecule has 40 heavy (non-hydrogen) atoms. The number of benzene rings is 2. The van der Waals surface area contributed by atoms with Gasteiger partial charge in [0, 0.05) is 12.7 Å². The minimum absolute atomic E-state index is 0.0696. The Balaban J connectivity index is 1.61. The molecule has 11 nitrogen and oxygen atoms in total. The standard InChI is InChI=1S/C29H32N6O5/c1-18(21-10-6-4-7-11-21)32-28(38)34(17-20-14-15-31-23(30)16-20)24-25(27(37)40-3)35(26(24)36)29(39)33-19(2)22-12-8-5-9-13-22/h4-16,18-19,24-25H,17H2,1-3H3,(H2,30,31)(H,32,38)(H,33,39)/t18-,19-,24?,25?/m1/s1. The van der Waals surface area contributed by atoms with Gasteiger partial charge in [0.15, 0.2) is 6.04 Å². The van der Waals surface area contributed by atoms with Crippen molar-refractivity contribution >= 4 is 29.8 Å². The highest BCUT2D eigenvalue weighted by Gasteiger charge is 2.59. The van der Waals surface area contributed by atoms with Crippen LogP contribution in [0.5, 0.6) is 0 Å². The lowest BCUT2D eigenvalue weighted by atomic mass is 9.93. The largest absolute Gasteiger partial charge is 0.467 e. The van der Waals surface area contributed by atoms with Crippen molar-refractivity contribution in [2.24, 2.45) is 0 Å². The van der Waals surface area contributed by atoms with Crippen molar-refractivity contribution in [2.45, 2.75) is 44.6 Å². The zero-order valence-electron chi connectivity index (χ0n) is 22.5. The first-order chi connectivity index (χ1) is 19.2. The molecule has 2 unspecified atom stereocenters. The van der Waals surface area contributed by atoms with Gasteiger partial charge in [-0.3, -0.25) is 4.79 Å². The van der Waals surface area contributed by atoms with Gasteiger partial charge < -0.3 is 26.0 Å². The van der Waals surface area contributed by atoms with Crippen LogP contribution in [0.2, 0.25) is 0 Å². The van der Waals surface area contributed by atoms with Crippen molar-refractivity contribution in [3.8, 4) is 0 Å². The van der Waals surface area contributed by atoms with E-state index in [1.54, 1.807) is 26.0 Å². The quantitative estimate of drug-likeness (QED) is 0.292. The van der Waals surface area contributed by atoms with Crippen LogP contribution in [0, 0.1) is 0 Å². The molecule has 3 aromatic rings. The van der Waals surface area contributed by atoms with Crippen molar-refractivity contribution in [1.82, 2.24) is 25.4 Å². The Bertz CT molecular complexity index is 1370. The molecular weight excluding hydrogens is 512 g/mol. The van der Waals surface area contributed by atoms with Gasteiger partial charge in [0.1, 0.15) is 11.9 Å². The minimum Gasteiger partial charge on any atom is -0.467 e. The summed E-state index contributed by atoms with van der Waals surface area (Å²) in [4.78, 5) is 59.3. The van der Waals surface area contributed by atoms with Gasteiger partial charge in [-0.2, -0.15) is 0 Å². The van der Waals surface area contributed by atoms with Crippen molar-refractivity contribution < 1.29 is 23.9 Å². The number of imide groups is 1. The molecule has 11 heteroatoms. The molecule has 2 heterocycles. The van der Waals surface area contributed by atoms with E-state index in [4.69, 9.17) is 10.5 Å². The number of anilines is 1. The summed E-state index contributed by atoms with van der Waals surface area (Å²) in [7, 11) is 1.16. The van der Waals surface area contributed by atoms with Gasteiger partial charge in [0.2, 0.25) is 0 Å². The predicted molar refractivity (Wildman–Crippen MR) is 147 cm³/mol. The number of esters is 1. The fraction of sp³-hybridized carbons (Fsp3) is 0.276. The first kappa shape index (κ1) is 28.1. The Morgan fingerprint density at radius 3 is 2.10 bits per heavy atom. The number of nitrogens with zero attached hydrogens (tertiary/aromatic N) is 3. The normalized spacial score (nSPS) is 17.7. The summed E-state index contributed by atoms with van der Waals surface area (Å²) >= 11 is 0. The summed E-state index contributed by atoms with van der Waals surface area (Å²) in [6, 6.07) is 16.9. The number of hydrogen-bond acceptors (Lipinski definition) is 7. The molecule has 1 aromatic heterocycles. The monoisotopic (exact) mass is 544 g/mol. The maximum atomic E-state index is 13.6. The van der Waals surface area contributed by atoms with Crippen LogP contribution in [0.4, 0.5) is 15.4 Å². The molecule has 0 aliphatic carbocycles. The highest BCUT2D eigenvalue weighted by molar-refractivity contribution is 6.11. The average Bonchev–Trinajstić information content (AvgIpc) is 2.95. The molecule has 0 saturated carbocycles. The molecule has 1 saturated heterocycles. The van der Waals surface area contributed by atoms with Crippen molar-refractivity contribution in [2.75, 3.05) is 12.8 Å². The lowest BCUT2D eigenvalue weighted by Gasteiger charge is -2.48. The number of β-lactam (4-membered cyclic amide) rings is 1. The molecule has 2 aromatic carbocycles. The number of rotatable bonds is 8. The Morgan fingerprint density at radius 1 is 0.975 bits per heavy atom. The van der Waals surface area contributed by atoms with Gasteiger partial charge in [-0.1, -0.05) is 60.7 Å². The number of pyridine rings is 1. The van der Waals surface area contributed by atoms with E-state index in [0.29, 0.717) is 5.56 Å². The Labute approximate surface area is 232 Å². The van der Waals surface area contributed by atoms with E-state index in [1.165, 1.54) is 11.1 Å². The molecule has 1 aliphatic rings. The van der Waals surface area contributed by atoms with E-state index in [9.17, 15) is 19.2 Å². The zero-order valence-corrected chi connectivity index (χ0v) is 22.5. The Morgan fingerprint density at radius 2 is 1.55 bits per heavy atom. The molecule has 4 rings (SSSR count). The van der Waals surface area contributed by atoms with Gasteiger partial charge in [-0.15, -0.1) is 0 Å². The maximum absolute atomic E-state index is 13.6. The summed E-state index contributed by atoms with van der Waals surface area (Å²) in [5, 5.41) is 5.64. The van der Waals surface area contributed by atoms with Crippen LogP contribution >= 0.6 is 0 Å². The van der Waals surface area contributed by atoms with Crippen LogP contribution in [-0.4, -0.2) is 57.9 Å². The predicted octanol–water partition coefficient (Wildman–Crippen LogP) is 3.16. The highest BCUT2D eigenvalue weighted by atomic mass is 16.5. The second-order valence-corrected chi connectivity index (χ2v) is 9.50. The first-order valence-electron chi connectivity index (χ1n) is 12.8. The number of amides is 5. The number of ether oxygens (including phenoxy) is 1. The summed E-state index contributed by atoms with van der Waals surface area (Å²) in [6.07, 6.45) is 1.48. The second kappa shape index (κ2) is 12.3. The van der Waals surface area contributed by atoms with Crippen molar-refractivity contribution in [3.05, 3.63) is 95.7 Å². The van der Waals surface area contributed by atoms with Gasteiger partial charge in [-0.05, 0) is 42.7 Å². The molecule has 5 amide bonds. The molecule has 0 spiro atoms. The van der Waals surface area contributed by atoms with E-state index < -0.39 is 48.1 Å². The van der Waals surface area contributed by atoms with Gasteiger partial charge >= 0.3 is 18.0 Å². The van der Waals surface area contributed by atoms with E-state index in [2.05, 4.69) is 15.6 Å². The summed E-state index contributed by atoms with van der Waals surface area (Å²) < 4.78 is 4.95. The number of nitrogens with one attached hydrogen (secondary N) is 2. The Hall–Kier alpha value is -4.93. The number of carbonyl (C=O) groups excluding carboxylic acids is 4. The van der Waals surface area contributed by atoms with Crippen LogP contribution in [0.25, 0.3) is 0 Å². The number of likely N-dealkylation sites (tertiary alicyclic amines) is 1. The SMILES string of the molecule is COC(=O)C1C(N(Cc2ccnc(N)c2)C(=O)N[C@H](C)c2ccccc2)C(=O)N1C(=O)N[C@H](C)c1ccccc1. The topological polar surface area (TPSA) is 147 Å². The van der Waals surface area contributed by atoms with E-state index in [0.717, 1.165) is 23.1 Å². The number of urea groups is 2.